The zero-order chi connectivity index (χ0) is 15.2. The van der Waals surface area contributed by atoms with Crippen molar-refractivity contribution in [1.82, 2.24) is 9.88 Å². The van der Waals surface area contributed by atoms with Crippen molar-refractivity contribution >= 4 is 5.91 Å². The van der Waals surface area contributed by atoms with Gasteiger partial charge in [0.05, 0.1) is 12.3 Å². The maximum Gasteiger partial charge on any atom is 0.291 e. The van der Waals surface area contributed by atoms with Gasteiger partial charge in [-0.15, -0.1) is 0 Å². The summed E-state index contributed by atoms with van der Waals surface area (Å²) < 4.78 is 11.3. The van der Waals surface area contributed by atoms with E-state index < -0.39 is 0 Å². The number of likely N-dealkylation sites (tertiary alicyclic amines) is 1. The van der Waals surface area contributed by atoms with Crippen LogP contribution in [0, 0.1) is 24.2 Å². The fourth-order valence-corrected chi connectivity index (χ4v) is 4.17. The number of oxazole rings is 1. The lowest BCUT2D eigenvalue weighted by atomic mass is 9.81. The highest BCUT2D eigenvalue weighted by molar-refractivity contribution is 5.92. The molecule has 120 valence electrons. The van der Waals surface area contributed by atoms with Gasteiger partial charge in [0.15, 0.2) is 6.39 Å². The van der Waals surface area contributed by atoms with Crippen molar-refractivity contribution in [2.75, 3.05) is 26.3 Å². The van der Waals surface area contributed by atoms with Gasteiger partial charge in [0.25, 0.3) is 5.91 Å². The molecule has 0 radical (unpaired) electrons. The van der Waals surface area contributed by atoms with Gasteiger partial charge in [-0.05, 0) is 44.4 Å². The standard InChI is InChI=1S/C17H24N2O3/c1-12-15(22-11-18-12)16(20)19-7-14-3-2-6-17(14,9-19)10-21-8-13-4-5-13/h11,13-14H,2-10H2,1H3/t14-,17+/m0/s1. The van der Waals surface area contributed by atoms with Gasteiger partial charge >= 0.3 is 0 Å². The van der Waals surface area contributed by atoms with Crippen molar-refractivity contribution in [2.24, 2.45) is 17.3 Å². The normalized spacial score (nSPS) is 30.8. The predicted molar refractivity (Wildman–Crippen MR) is 80.5 cm³/mol. The number of fused-ring (bicyclic) bond motifs is 1. The van der Waals surface area contributed by atoms with Crippen LogP contribution in [0.2, 0.25) is 0 Å². The quantitative estimate of drug-likeness (QED) is 0.839. The molecule has 2 heterocycles. The summed E-state index contributed by atoms with van der Waals surface area (Å²) >= 11 is 0. The van der Waals surface area contributed by atoms with Gasteiger partial charge in [-0.3, -0.25) is 4.79 Å². The minimum atomic E-state index is -0.00836. The van der Waals surface area contributed by atoms with E-state index in [1.807, 2.05) is 11.8 Å². The van der Waals surface area contributed by atoms with E-state index >= 15 is 0 Å². The van der Waals surface area contributed by atoms with Crippen molar-refractivity contribution in [3.05, 3.63) is 17.8 Å². The molecule has 1 aromatic heterocycles. The van der Waals surface area contributed by atoms with Crippen LogP contribution in [0.5, 0.6) is 0 Å². The zero-order valence-corrected chi connectivity index (χ0v) is 13.2. The van der Waals surface area contributed by atoms with Crippen LogP contribution in [0.3, 0.4) is 0 Å². The highest BCUT2D eigenvalue weighted by Gasteiger charge is 2.51. The molecule has 1 aliphatic heterocycles. The van der Waals surface area contributed by atoms with E-state index in [9.17, 15) is 4.79 Å². The molecule has 5 nitrogen and oxygen atoms in total. The Balaban J connectivity index is 1.44. The summed E-state index contributed by atoms with van der Waals surface area (Å²) in [5, 5.41) is 0. The molecule has 1 amide bonds. The van der Waals surface area contributed by atoms with Gasteiger partial charge < -0.3 is 14.1 Å². The molecule has 22 heavy (non-hydrogen) atoms. The maximum absolute atomic E-state index is 12.6. The Labute approximate surface area is 131 Å². The fraction of sp³-hybridized carbons (Fsp3) is 0.765. The van der Waals surface area contributed by atoms with Crippen molar-refractivity contribution in [3.8, 4) is 0 Å². The first kappa shape index (κ1) is 14.2. The molecule has 1 aromatic rings. The number of hydrogen-bond donors (Lipinski definition) is 0. The third-order valence-electron chi connectivity index (χ3n) is 5.71. The molecule has 0 N–H and O–H groups in total. The molecular weight excluding hydrogens is 280 g/mol. The number of hydrogen-bond acceptors (Lipinski definition) is 4. The molecule has 2 saturated carbocycles. The topological polar surface area (TPSA) is 55.6 Å². The van der Waals surface area contributed by atoms with Crippen LogP contribution >= 0.6 is 0 Å². The first-order valence-corrected chi connectivity index (χ1v) is 8.45. The number of carbonyl (C=O) groups is 1. The molecule has 2 aliphatic carbocycles. The molecule has 0 spiro atoms. The first-order chi connectivity index (χ1) is 10.7. The van der Waals surface area contributed by atoms with Crippen LogP contribution in [-0.4, -0.2) is 42.1 Å². The third kappa shape index (κ3) is 2.45. The molecule has 1 saturated heterocycles. The van der Waals surface area contributed by atoms with Crippen molar-refractivity contribution in [2.45, 2.75) is 39.0 Å². The zero-order valence-electron chi connectivity index (χ0n) is 13.2. The molecule has 2 atom stereocenters. The Kier molecular flexibility index (Phi) is 3.48. The van der Waals surface area contributed by atoms with Crippen LogP contribution in [0.15, 0.2) is 10.8 Å². The van der Waals surface area contributed by atoms with Gasteiger partial charge in [-0.25, -0.2) is 4.98 Å². The number of nitrogens with zero attached hydrogens (tertiary/aromatic N) is 2. The number of carbonyl (C=O) groups excluding carboxylic acids is 1. The van der Waals surface area contributed by atoms with E-state index in [-0.39, 0.29) is 11.3 Å². The average Bonchev–Trinajstić information content (AvgIpc) is 2.91. The number of rotatable bonds is 5. The second-order valence-corrected chi connectivity index (χ2v) is 7.36. The van der Waals surface area contributed by atoms with Crippen LogP contribution in [0.4, 0.5) is 0 Å². The smallest absolute Gasteiger partial charge is 0.291 e. The Hall–Kier alpha value is -1.36. The van der Waals surface area contributed by atoms with Crippen molar-refractivity contribution in [1.29, 1.82) is 0 Å². The number of amides is 1. The fourth-order valence-electron chi connectivity index (χ4n) is 4.17. The average molecular weight is 304 g/mol. The molecule has 0 aromatic carbocycles. The maximum atomic E-state index is 12.6. The van der Waals surface area contributed by atoms with E-state index in [1.54, 1.807) is 0 Å². The van der Waals surface area contributed by atoms with Gasteiger partial charge in [0.2, 0.25) is 5.76 Å². The van der Waals surface area contributed by atoms with Crippen LogP contribution in [0.25, 0.3) is 0 Å². The SMILES string of the molecule is Cc1ncoc1C(=O)N1C[C@@H]2CCC[C@]2(COCC2CC2)C1. The lowest BCUT2D eigenvalue weighted by molar-refractivity contribution is 0.0304. The Morgan fingerprint density at radius 1 is 1.50 bits per heavy atom. The summed E-state index contributed by atoms with van der Waals surface area (Å²) in [4.78, 5) is 18.6. The van der Waals surface area contributed by atoms with E-state index in [1.165, 1.54) is 38.5 Å². The Bertz CT molecular complexity index is 566. The number of aromatic nitrogens is 1. The van der Waals surface area contributed by atoms with E-state index in [0.29, 0.717) is 17.4 Å². The van der Waals surface area contributed by atoms with Gasteiger partial charge in [-0.2, -0.15) is 0 Å². The van der Waals surface area contributed by atoms with Crippen molar-refractivity contribution < 1.29 is 13.9 Å². The number of ether oxygens (including phenoxy) is 1. The minimum Gasteiger partial charge on any atom is -0.438 e. The predicted octanol–water partition coefficient (Wildman–Crippen LogP) is 2.65. The molecular formula is C17H24N2O3. The van der Waals surface area contributed by atoms with Gasteiger partial charge in [0.1, 0.15) is 0 Å². The van der Waals surface area contributed by atoms with Crippen LogP contribution in [0.1, 0.15) is 48.4 Å². The van der Waals surface area contributed by atoms with E-state index in [0.717, 1.165) is 32.2 Å². The van der Waals surface area contributed by atoms with Gasteiger partial charge in [-0.1, -0.05) is 6.42 Å². The summed E-state index contributed by atoms with van der Waals surface area (Å²) in [5.41, 5.74) is 0.861. The summed E-state index contributed by atoms with van der Waals surface area (Å²) in [5.74, 6) is 1.77. The Morgan fingerprint density at radius 3 is 3.09 bits per heavy atom. The highest BCUT2D eigenvalue weighted by Crippen LogP contribution is 2.49. The minimum absolute atomic E-state index is 0.00836. The molecule has 5 heteroatoms. The highest BCUT2D eigenvalue weighted by atomic mass is 16.5. The molecule has 4 rings (SSSR count). The third-order valence-corrected chi connectivity index (χ3v) is 5.71. The summed E-state index contributed by atoms with van der Waals surface area (Å²) in [6, 6.07) is 0. The van der Waals surface area contributed by atoms with Crippen LogP contribution in [-0.2, 0) is 4.74 Å². The summed E-state index contributed by atoms with van der Waals surface area (Å²) in [6.07, 6.45) is 7.67. The first-order valence-electron chi connectivity index (χ1n) is 8.45. The lowest BCUT2D eigenvalue weighted by Crippen LogP contribution is -2.35. The van der Waals surface area contributed by atoms with E-state index in [4.69, 9.17) is 9.15 Å². The lowest BCUT2D eigenvalue weighted by Gasteiger charge is -2.28. The molecule has 0 unspecified atom stereocenters. The monoisotopic (exact) mass is 304 g/mol. The molecule has 3 fully saturated rings. The van der Waals surface area contributed by atoms with E-state index in [2.05, 4.69) is 4.98 Å². The second-order valence-electron chi connectivity index (χ2n) is 7.36. The molecule has 3 aliphatic rings. The molecule has 0 bridgehead atoms. The summed E-state index contributed by atoms with van der Waals surface area (Å²) in [6.45, 7) is 5.19. The Morgan fingerprint density at radius 2 is 2.36 bits per heavy atom. The largest absolute Gasteiger partial charge is 0.438 e. The van der Waals surface area contributed by atoms with Crippen LogP contribution < -0.4 is 0 Å². The number of aryl methyl sites for hydroxylation is 1. The van der Waals surface area contributed by atoms with Gasteiger partial charge in [0, 0.05) is 25.1 Å². The van der Waals surface area contributed by atoms with Crippen molar-refractivity contribution in [3.63, 3.8) is 0 Å². The summed E-state index contributed by atoms with van der Waals surface area (Å²) in [7, 11) is 0. The second kappa shape index (κ2) is 5.37.